The van der Waals surface area contributed by atoms with Crippen LogP contribution >= 0.6 is 11.3 Å². The number of piperidine rings is 1. The summed E-state index contributed by atoms with van der Waals surface area (Å²) < 4.78 is 0. The average Bonchev–Trinajstić information content (AvgIpc) is 3.07. The molecule has 6 heteroatoms. The molecule has 1 aliphatic rings. The summed E-state index contributed by atoms with van der Waals surface area (Å²) in [5.41, 5.74) is 0. The van der Waals surface area contributed by atoms with Crippen LogP contribution in [-0.4, -0.2) is 48.4 Å². The monoisotopic (exact) mass is 321 g/mol. The summed E-state index contributed by atoms with van der Waals surface area (Å²) in [5, 5.41) is 7.80. The predicted molar refractivity (Wildman–Crippen MR) is 89.0 cm³/mol. The summed E-state index contributed by atoms with van der Waals surface area (Å²) in [6.45, 7) is 7.65. The predicted octanol–water partition coefficient (Wildman–Crippen LogP) is 1.63. The maximum Gasteiger partial charge on any atom is 0.261 e. The first-order valence-electron chi connectivity index (χ1n) is 7.59. The lowest BCUT2D eigenvalue weighted by molar-refractivity contribution is -0.126. The molecular weight excluding hydrogens is 298 g/mol. The summed E-state index contributed by atoms with van der Waals surface area (Å²) in [5.74, 6) is 0.0335. The second-order valence-corrected chi connectivity index (χ2v) is 6.42. The van der Waals surface area contributed by atoms with E-state index in [9.17, 15) is 9.59 Å². The molecule has 1 saturated heterocycles. The van der Waals surface area contributed by atoms with Crippen molar-refractivity contribution in [2.45, 2.75) is 31.8 Å². The summed E-state index contributed by atoms with van der Waals surface area (Å²) in [7, 11) is 0. The van der Waals surface area contributed by atoms with Crippen molar-refractivity contribution in [2.24, 2.45) is 0 Å². The topological polar surface area (TPSA) is 61.4 Å². The van der Waals surface area contributed by atoms with Crippen LogP contribution in [0.15, 0.2) is 30.2 Å². The van der Waals surface area contributed by atoms with E-state index in [1.165, 1.54) is 11.3 Å². The molecule has 1 fully saturated rings. The van der Waals surface area contributed by atoms with E-state index >= 15 is 0 Å². The molecule has 1 unspecified atom stereocenters. The maximum absolute atomic E-state index is 12.0. The minimum Gasteiger partial charge on any atom is -0.351 e. The Labute approximate surface area is 135 Å². The highest BCUT2D eigenvalue weighted by Gasteiger charge is 2.27. The van der Waals surface area contributed by atoms with Gasteiger partial charge in [-0.15, -0.1) is 17.9 Å². The van der Waals surface area contributed by atoms with Crippen LogP contribution in [0, 0.1) is 0 Å². The summed E-state index contributed by atoms with van der Waals surface area (Å²) >= 11 is 1.45. The zero-order chi connectivity index (χ0) is 15.9. The average molecular weight is 321 g/mol. The molecule has 5 nitrogen and oxygen atoms in total. The highest BCUT2D eigenvalue weighted by molar-refractivity contribution is 7.12. The number of nitrogens with zero attached hydrogens (tertiary/aromatic N) is 1. The number of amides is 2. The third kappa shape index (κ3) is 4.42. The van der Waals surface area contributed by atoms with E-state index in [0.29, 0.717) is 6.54 Å². The van der Waals surface area contributed by atoms with Crippen LogP contribution in [0.25, 0.3) is 0 Å². The lowest BCUT2D eigenvalue weighted by Gasteiger charge is -2.35. The van der Waals surface area contributed by atoms with Crippen molar-refractivity contribution < 1.29 is 9.59 Å². The summed E-state index contributed by atoms with van der Waals surface area (Å²) in [4.78, 5) is 26.9. The van der Waals surface area contributed by atoms with Gasteiger partial charge in [-0.1, -0.05) is 12.1 Å². The fourth-order valence-electron chi connectivity index (χ4n) is 2.58. The fraction of sp³-hybridized carbons (Fsp3) is 0.500. The number of carbonyl (C=O) groups excluding carboxylic acids is 2. The Kier molecular flexibility index (Phi) is 6.15. The molecule has 0 radical (unpaired) electrons. The van der Waals surface area contributed by atoms with Gasteiger partial charge in [-0.05, 0) is 31.2 Å². The van der Waals surface area contributed by atoms with Crippen LogP contribution in [-0.2, 0) is 4.79 Å². The van der Waals surface area contributed by atoms with Crippen molar-refractivity contribution in [2.75, 3.05) is 19.6 Å². The van der Waals surface area contributed by atoms with Gasteiger partial charge in [0.05, 0.1) is 10.9 Å². The van der Waals surface area contributed by atoms with Gasteiger partial charge >= 0.3 is 0 Å². The second kappa shape index (κ2) is 8.10. The molecule has 2 amide bonds. The van der Waals surface area contributed by atoms with Gasteiger partial charge in [0, 0.05) is 25.7 Å². The molecule has 1 aromatic rings. The Morgan fingerprint density at radius 2 is 2.23 bits per heavy atom. The maximum atomic E-state index is 12.0. The minimum atomic E-state index is -0.145. The normalized spacial score (nSPS) is 17.7. The molecular formula is C16H23N3O2S. The molecule has 0 aromatic carbocycles. The number of hydrogen-bond acceptors (Lipinski definition) is 4. The molecule has 22 heavy (non-hydrogen) atoms. The lowest BCUT2D eigenvalue weighted by atomic mass is 10.0. The third-order valence-electron chi connectivity index (χ3n) is 3.96. The molecule has 1 atom stereocenters. The Hall–Kier alpha value is -1.66. The Balaban J connectivity index is 1.76. The minimum absolute atomic E-state index is 0.00484. The highest BCUT2D eigenvalue weighted by atomic mass is 32.1. The molecule has 1 aliphatic heterocycles. The fourth-order valence-corrected chi connectivity index (χ4v) is 3.21. The van der Waals surface area contributed by atoms with E-state index in [1.807, 2.05) is 24.4 Å². The standard InChI is InChI=1S/C16H23N3O2S/c1-3-8-17-15(20)12(2)19-9-6-13(7-10-19)18-16(21)14-5-4-11-22-14/h3-5,11-13H,1,6-10H2,2H3,(H,17,20)(H,18,21). The van der Waals surface area contributed by atoms with Crippen LogP contribution < -0.4 is 10.6 Å². The van der Waals surface area contributed by atoms with Crippen LogP contribution in [0.3, 0.4) is 0 Å². The number of carbonyl (C=O) groups is 2. The molecule has 2 N–H and O–H groups in total. The van der Waals surface area contributed by atoms with Gasteiger partial charge in [0.2, 0.25) is 5.91 Å². The first-order valence-corrected chi connectivity index (χ1v) is 8.46. The SMILES string of the molecule is C=CCNC(=O)C(C)N1CCC(NC(=O)c2cccs2)CC1. The van der Waals surface area contributed by atoms with E-state index in [0.717, 1.165) is 30.8 Å². The van der Waals surface area contributed by atoms with E-state index < -0.39 is 0 Å². The molecule has 2 rings (SSSR count). The third-order valence-corrected chi connectivity index (χ3v) is 4.83. The quantitative estimate of drug-likeness (QED) is 0.783. The first-order chi connectivity index (χ1) is 10.6. The van der Waals surface area contributed by atoms with Gasteiger partial charge < -0.3 is 10.6 Å². The number of nitrogens with one attached hydrogen (secondary N) is 2. The zero-order valence-corrected chi connectivity index (χ0v) is 13.7. The summed E-state index contributed by atoms with van der Waals surface area (Å²) in [6, 6.07) is 3.76. The number of hydrogen-bond donors (Lipinski definition) is 2. The van der Waals surface area contributed by atoms with Gasteiger partial charge in [0.25, 0.3) is 5.91 Å². The first kappa shape index (κ1) is 16.7. The van der Waals surface area contributed by atoms with Crippen LogP contribution in [0.2, 0.25) is 0 Å². The van der Waals surface area contributed by atoms with E-state index in [2.05, 4.69) is 22.1 Å². The molecule has 2 heterocycles. The van der Waals surface area contributed by atoms with E-state index in [4.69, 9.17) is 0 Å². The van der Waals surface area contributed by atoms with Crippen molar-refractivity contribution in [1.82, 2.24) is 15.5 Å². The van der Waals surface area contributed by atoms with Crippen LogP contribution in [0.5, 0.6) is 0 Å². The number of likely N-dealkylation sites (tertiary alicyclic amines) is 1. The Bertz CT molecular complexity index is 507. The van der Waals surface area contributed by atoms with E-state index in [-0.39, 0.29) is 23.9 Å². The second-order valence-electron chi connectivity index (χ2n) is 5.47. The van der Waals surface area contributed by atoms with Crippen LogP contribution in [0.1, 0.15) is 29.4 Å². The molecule has 0 saturated carbocycles. The molecule has 0 bridgehead atoms. The lowest BCUT2D eigenvalue weighted by Crippen LogP contribution is -2.51. The molecule has 120 valence electrons. The van der Waals surface area contributed by atoms with Gasteiger partial charge in [-0.25, -0.2) is 0 Å². The number of rotatable bonds is 6. The number of thiophene rings is 1. The summed E-state index contributed by atoms with van der Waals surface area (Å²) in [6.07, 6.45) is 3.42. The Morgan fingerprint density at radius 1 is 1.50 bits per heavy atom. The van der Waals surface area contributed by atoms with Crippen molar-refractivity contribution in [3.05, 3.63) is 35.0 Å². The van der Waals surface area contributed by atoms with Crippen molar-refractivity contribution >= 4 is 23.2 Å². The molecule has 0 spiro atoms. The van der Waals surface area contributed by atoms with Gasteiger partial charge in [-0.3, -0.25) is 14.5 Å². The van der Waals surface area contributed by atoms with Crippen molar-refractivity contribution in [3.63, 3.8) is 0 Å². The highest BCUT2D eigenvalue weighted by Crippen LogP contribution is 2.15. The zero-order valence-electron chi connectivity index (χ0n) is 12.9. The molecule has 1 aromatic heterocycles. The van der Waals surface area contributed by atoms with E-state index in [1.54, 1.807) is 6.08 Å². The van der Waals surface area contributed by atoms with Crippen LogP contribution in [0.4, 0.5) is 0 Å². The van der Waals surface area contributed by atoms with Crippen molar-refractivity contribution in [1.29, 1.82) is 0 Å². The van der Waals surface area contributed by atoms with Crippen molar-refractivity contribution in [3.8, 4) is 0 Å². The van der Waals surface area contributed by atoms with Gasteiger partial charge in [0.1, 0.15) is 0 Å². The van der Waals surface area contributed by atoms with Gasteiger partial charge in [0.15, 0.2) is 0 Å². The Morgan fingerprint density at radius 3 is 2.82 bits per heavy atom. The van der Waals surface area contributed by atoms with Gasteiger partial charge in [-0.2, -0.15) is 0 Å². The molecule has 0 aliphatic carbocycles. The smallest absolute Gasteiger partial charge is 0.261 e. The largest absolute Gasteiger partial charge is 0.351 e.